The first kappa shape index (κ1) is 26.7. The fourth-order valence-electron chi connectivity index (χ4n) is 3.60. The maximum atomic E-state index is 12.9. The van der Waals surface area contributed by atoms with Gasteiger partial charge < -0.3 is 15.0 Å². The van der Waals surface area contributed by atoms with Crippen LogP contribution in [0.1, 0.15) is 15.9 Å². The summed E-state index contributed by atoms with van der Waals surface area (Å²) in [5.74, 6) is -2.04. The molecule has 1 heterocycles. The lowest BCUT2D eigenvalue weighted by atomic mass is 10.1. The molecule has 2 aromatic rings. The van der Waals surface area contributed by atoms with E-state index in [1.54, 1.807) is 24.3 Å². The molecular formula is C25H28ClN3O5S. The lowest BCUT2D eigenvalue weighted by Gasteiger charge is -2.34. The van der Waals surface area contributed by atoms with E-state index in [1.165, 1.54) is 5.56 Å². The summed E-state index contributed by atoms with van der Waals surface area (Å²) < 4.78 is 4.34. The zero-order valence-corrected chi connectivity index (χ0v) is 21.1. The van der Waals surface area contributed by atoms with Gasteiger partial charge in [0.05, 0.1) is 18.6 Å². The van der Waals surface area contributed by atoms with Gasteiger partial charge in [-0.05, 0) is 48.4 Å². The van der Waals surface area contributed by atoms with E-state index in [1.807, 2.05) is 29.2 Å². The van der Waals surface area contributed by atoms with Gasteiger partial charge in [0.1, 0.15) is 0 Å². The van der Waals surface area contributed by atoms with E-state index >= 15 is 0 Å². The molecule has 0 saturated carbocycles. The highest BCUT2D eigenvalue weighted by Gasteiger charge is 2.22. The van der Waals surface area contributed by atoms with Crippen LogP contribution in [0.25, 0.3) is 0 Å². The molecule has 1 aliphatic rings. The maximum Gasteiger partial charge on any atom is 0.375 e. The van der Waals surface area contributed by atoms with Crippen LogP contribution in [0.15, 0.2) is 48.5 Å². The second kappa shape index (κ2) is 13.3. The average molecular weight is 518 g/mol. The topological polar surface area (TPSA) is 96.0 Å². The summed E-state index contributed by atoms with van der Waals surface area (Å²) in [6.45, 7) is 3.92. The normalized spacial score (nSPS) is 13.8. The summed E-state index contributed by atoms with van der Waals surface area (Å²) in [4.78, 5) is 51.6. The van der Waals surface area contributed by atoms with Gasteiger partial charge in [0.2, 0.25) is 11.7 Å². The SMILES string of the molecule is COC(=O)C(=O)CSCC(=O)Nc1ccc(C(=O)N2CCN(CCc3ccc(Cl)cc3)CC2)cc1. The molecule has 35 heavy (non-hydrogen) atoms. The number of halogens is 1. The van der Waals surface area contributed by atoms with Gasteiger partial charge in [-0.3, -0.25) is 19.3 Å². The summed E-state index contributed by atoms with van der Waals surface area (Å²) in [7, 11) is 1.14. The van der Waals surface area contributed by atoms with Gasteiger partial charge in [-0.2, -0.15) is 0 Å². The number of amides is 2. The molecule has 1 fully saturated rings. The van der Waals surface area contributed by atoms with Crippen molar-refractivity contribution < 1.29 is 23.9 Å². The third-order valence-corrected chi connectivity index (χ3v) is 6.77. The Morgan fingerprint density at radius 3 is 2.23 bits per heavy atom. The second-order valence-electron chi connectivity index (χ2n) is 8.04. The van der Waals surface area contributed by atoms with Gasteiger partial charge in [0.25, 0.3) is 5.91 Å². The van der Waals surface area contributed by atoms with E-state index in [-0.39, 0.29) is 23.3 Å². The Hall–Kier alpha value is -2.88. The van der Waals surface area contributed by atoms with Crippen molar-refractivity contribution in [3.8, 4) is 0 Å². The molecule has 186 valence electrons. The lowest BCUT2D eigenvalue weighted by molar-refractivity contribution is -0.150. The van der Waals surface area contributed by atoms with E-state index < -0.39 is 11.8 Å². The average Bonchev–Trinajstić information content (AvgIpc) is 2.88. The van der Waals surface area contributed by atoms with Crippen molar-refractivity contribution in [1.29, 1.82) is 0 Å². The van der Waals surface area contributed by atoms with Gasteiger partial charge in [-0.1, -0.05) is 23.7 Å². The molecule has 2 aromatic carbocycles. The largest absolute Gasteiger partial charge is 0.463 e. The number of ether oxygens (including phenoxy) is 1. The Morgan fingerprint density at radius 2 is 1.60 bits per heavy atom. The van der Waals surface area contributed by atoms with Crippen LogP contribution in [0.4, 0.5) is 5.69 Å². The summed E-state index contributed by atoms with van der Waals surface area (Å²) in [6.07, 6.45) is 0.943. The molecule has 2 amide bonds. The molecule has 3 rings (SSSR count). The smallest absolute Gasteiger partial charge is 0.375 e. The summed E-state index contributed by atoms with van der Waals surface area (Å²) >= 11 is 6.97. The third kappa shape index (κ3) is 8.38. The Bertz CT molecular complexity index is 1040. The van der Waals surface area contributed by atoms with Crippen molar-refractivity contribution in [2.45, 2.75) is 6.42 Å². The lowest BCUT2D eigenvalue weighted by Crippen LogP contribution is -2.49. The zero-order chi connectivity index (χ0) is 25.2. The number of anilines is 1. The molecule has 8 nitrogen and oxygen atoms in total. The number of carbonyl (C=O) groups is 4. The number of benzene rings is 2. The number of thioether (sulfide) groups is 1. The number of methoxy groups -OCH3 is 1. The number of hydrogen-bond acceptors (Lipinski definition) is 7. The Labute approximate surface area is 213 Å². The van der Waals surface area contributed by atoms with Gasteiger partial charge >= 0.3 is 5.97 Å². The number of esters is 1. The van der Waals surface area contributed by atoms with Crippen molar-refractivity contribution in [2.24, 2.45) is 0 Å². The Kier molecular flexibility index (Phi) is 10.1. The molecule has 1 N–H and O–H groups in total. The fourth-order valence-corrected chi connectivity index (χ4v) is 4.39. The molecule has 0 aromatic heterocycles. The first-order chi connectivity index (χ1) is 16.9. The van der Waals surface area contributed by atoms with E-state index in [2.05, 4.69) is 15.0 Å². The van der Waals surface area contributed by atoms with Crippen LogP contribution in [0.2, 0.25) is 5.02 Å². The zero-order valence-electron chi connectivity index (χ0n) is 19.5. The molecule has 0 spiro atoms. The molecular weight excluding hydrogens is 490 g/mol. The Balaban J connectivity index is 1.39. The summed E-state index contributed by atoms with van der Waals surface area (Å²) in [6, 6.07) is 14.6. The molecule has 1 saturated heterocycles. The van der Waals surface area contributed by atoms with Crippen LogP contribution in [0.5, 0.6) is 0 Å². The predicted octanol–water partition coefficient (Wildman–Crippen LogP) is 2.75. The fraction of sp³-hybridized carbons (Fsp3) is 0.360. The van der Waals surface area contributed by atoms with E-state index in [0.29, 0.717) is 24.3 Å². The number of rotatable bonds is 10. The summed E-state index contributed by atoms with van der Waals surface area (Å²) in [5, 5.41) is 3.45. The Morgan fingerprint density at radius 1 is 0.943 bits per heavy atom. The van der Waals surface area contributed by atoms with E-state index in [0.717, 1.165) is 49.9 Å². The van der Waals surface area contributed by atoms with Crippen molar-refractivity contribution >= 4 is 52.6 Å². The number of nitrogens with zero attached hydrogens (tertiary/aromatic N) is 2. The van der Waals surface area contributed by atoms with Crippen molar-refractivity contribution in [1.82, 2.24) is 9.80 Å². The number of hydrogen-bond donors (Lipinski definition) is 1. The van der Waals surface area contributed by atoms with Crippen LogP contribution in [0.3, 0.4) is 0 Å². The van der Waals surface area contributed by atoms with E-state index in [9.17, 15) is 19.2 Å². The quantitative estimate of drug-likeness (QED) is 0.382. The van der Waals surface area contributed by atoms with Crippen LogP contribution in [-0.2, 0) is 25.5 Å². The second-order valence-corrected chi connectivity index (χ2v) is 9.47. The highest BCUT2D eigenvalue weighted by Crippen LogP contribution is 2.15. The molecule has 0 atom stereocenters. The molecule has 1 aliphatic heterocycles. The molecule has 0 unspecified atom stereocenters. The standard InChI is InChI=1S/C25H28ClN3O5S/c1-34-25(33)22(30)16-35-17-23(31)27-21-8-4-19(5-9-21)24(32)29-14-12-28(13-15-29)11-10-18-2-6-20(26)7-3-18/h2-9H,10-17H2,1H3,(H,27,31). The van der Waals surface area contributed by atoms with Crippen LogP contribution >= 0.6 is 23.4 Å². The first-order valence-corrected chi connectivity index (χ1v) is 12.7. The number of Topliss-reactive ketones (excluding diaryl/α,β-unsaturated/α-hetero) is 1. The minimum absolute atomic E-state index is 0.0196. The van der Waals surface area contributed by atoms with Crippen LogP contribution < -0.4 is 5.32 Å². The number of piperazine rings is 1. The molecule has 0 radical (unpaired) electrons. The number of nitrogens with one attached hydrogen (secondary N) is 1. The minimum atomic E-state index is -0.919. The number of ketones is 1. The first-order valence-electron chi connectivity index (χ1n) is 11.2. The van der Waals surface area contributed by atoms with Crippen LogP contribution in [0, 0.1) is 0 Å². The van der Waals surface area contributed by atoms with Gasteiger partial charge in [-0.25, -0.2) is 4.79 Å². The monoisotopic (exact) mass is 517 g/mol. The van der Waals surface area contributed by atoms with Gasteiger partial charge in [0.15, 0.2) is 0 Å². The number of carbonyl (C=O) groups excluding carboxylic acids is 4. The predicted molar refractivity (Wildman–Crippen MR) is 137 cm³/mol. The van der Waals surface area contributed by atoms with E-state index in [4.69, 9.17) is 11.6 Å². The minimum Gasteiger partial charge on any atom is -0.463 e. The summed E-state index contributed by atoms with van der Waals surface area (Å²) in [5.41, 5.74) is 2.36. The van der Waals surface area contributed by atoms with Crippen LogP contribution in [-0.4, -0.2) is 84.7 Å². The third-order valence-electron chi connectivity index (χ3n) is 5.58. The molecule has 0 bridgehead atoms. The highest BCUT2D eigenvalue weighted by molar-refractivity contribution is 8.00. The molecule has 10 heteroatoms. The highest BCUT2D eigenvalue weighted by atomic mass is 35.5. The van der Waals surface area contributed by atoms with Crippen molar-refractivity contribution in [3.63, 3.8) is 0 Å². The van der Waals surface area contributed by atoms with Gasteiger partial charge in [0, 0.05) is 49.0 Å². The van der Waals surface area contributed by atoms with Crippen molar-refractivity contribution in [3.05, 3.63) is 64.7 Å². The van der Waals surface area contributed by atoms with Gasteiger partial charge in [-0.15, -0.1) is 11.8 Å². The maximum absolute atomic E-state index is 12.9. The van der Waals surface area contributed by atoms with Crippen molar-refractivity contribution in [2.75, 3.05) is 56.7 Å². The molecule has 0 aliphatic carbocycles.